The molecule has 0 saturated carbocycles. The summed E-state index contributed by atoms with van der Waals surface area (Å²) >= 11 is 0. The number of allylic oxidation sites excluding steroid dienone is 2. The second-order valence-corrected chi connectivity index (χ2v) is 16.2. The summed E-state index contributed by atoms with van der Waals surface area (Å²) in [6.07, 6.45) is 55.8. The van der Waals surface area contributed by atoms with Gasteiger partial charge in [-0.1, -0.05) is 231 Å². The second-order valence-electron chi connectivity index (χ2n) is 16.2. The molecule has 310 valence electrons. The van der Waals surface area contributed by atoms with Crippen molar-refractivity contribution in [2.45, 2.75) is 270 Å². The fourth-order valence-corrected chi connectivity index (χ4v) is 7.27. The molecule has 0 aromatic carbocycles. The Kier molecular flexibility index (Phi) is 45.5. The molecule has 0 spiro atoms. The Labute approximate surface area is 326 Å². The van der Waals surface area contributed by atoms with Crippen molar-refractivity contribution in [1.29, 1.82) is 0 Å². The third kappa shape index (κ3) is 43.5. The first kappa shape index (κ1) is 51.1. The van der Waals surface area contributed by atoms with Crippen LogP contribution in [0.3, 0.4) is 0 Å². The maximum absolute atomic E-state index is 12.2. The summed E-state index contributed by atoms with van der Waals surface area (Å²) in [6.45, 7) is 5.40. The number of hydrogen-bond donors (Lipinski definition) is 1. The Morgan fingerprint density at radius 1 is 0.442 bits per heavy atom. The highest BCUT2D eigenvalue weighted by Crippen LogP contribution is 2.16. The summed E-state index contributed by atoms with van der Waals surface area (Å²) in [5.74, 6) is -0.194. The van der Waals surface area contributed by atoms with E-state index in [4.69, 9.17) is 9.47 Å². The van der Waals surface area contributed by atoms with Crippen molar-refractivity contribution in [1.82, 2.24) is 0 Å². The van der Waals surface area contributed by atoms with E-state index >= 15 is 0 Å². The third-order valence-corrected chi connectivity index (χ3v) is 10.8. The number of aliphatic hydroxyl groups excluding tert-OH is 1. The number of ether oxygens (including phenoxy) is 2. The molecule has 4 nitrogen and oxygen atoms in total. The van der Waals surface area contributed by atoms with E-state index in [9.17, 15) is 9.90 Å². The Bertz CT molecular complexity index is 692. The van der Waals surface area contributed by atoms with Gasteiger partial charge in [-0.3, -0.25) is 4.79 Å². The average Bonchev–Trinajstić information content (AvgIpc) is 3.15. The largest absolute Gasteiger partial charge is 0.457 e. The molecule has 0 bridgehead atoms. The minimum absolute atomic E-state index is 0.165. The molecule has 0 radical (unpaired) electrons. The highest BCUT2D eigenvalue weighted by molar-refractivity contribution is 5.69. The van der Waals surface area contributed by atoms with Gasteiger partial charge in [0.1, 0.15) is 6.10 Å². The molecule has 0 heterocycles. The van der Waals surface area contributed by atoms with Crippen molar-refractivity contribution in [3.05, 3.63) is 12.2 Å². The molecule has 0 aliphatic heterocycles. The lowest BCUT2D eigenvalue weighted by Crippen LogP contribution is -2.27. The van der Waals surface area contributed by atoms with Crippen LogP contribution in [0.4, 0.5) is 0 Å². The zero-order chi connectivity index (χ0) is 37.7. The van der Waals surface area contributed by atoms with Crippen LogP contribution in [0.15, 0.2) is 12.2 Å². The third-order valence-electron chi connectivity index (χ3n) is 10.8. The van der Waals surface area contributed by atoms with E-state index in [0.717, 1.165) is 19.3 Å². The molecule has 0 saturated heterocycles. The van der Waals surface area contributed by atoms with Crippen molar-refractivity contribution in [3.8, 4) is 0 Å². The SMILES string of the molecule is CCCCCCCCCC/C=C\CCCCCCCCCCCCCCOCC(CO)OC(=O)CCCCCCCCCCCCCCCCCC. The minimum atomic E-state index is -0.528. The monoisotopic (exact) mass is 735 g/mol. The molecule has 0 aliphatic rings. The van der Waals surface area contributed by atoms with E-state index in [1.54, 1.807) is 0 Å². The van der Waals surface area contributed by atoms with E-state index in [0.29, 0.717) is 19.6 Å². The first-order valence-corrected chi connectivity index (χ1v) is 23.8. The normalized spacial score (nSPS) is 12.3. The minimum Gasteiger partial charge on any atom is -0.457 e. The van der Waals surface area contributed by atoms with Gasteiger partial charge in [0.15, 0.2) is 0 Å². The second kappa shape index (κ2) is 46.3. The highest BCUT2D eigenvalue weighted by Gasteiger charge is 2.13. The number of unbranched alkanes of at least 4 members (excludes halogenated alkanes) is 35. The van der Waals surface area contributed by atoms with Gasteiger partial charge in [0.05, 0.1) is 13.2 Å². The predicted molar refractivity (Wildman–Crippen MR) is 228 cm³/mol. The molecule has 0 amide bonds. The van der Waals surface area contributed by atoms with E-state index in [1.807, 2.05) is 0 Å². The molecular formula is C48H94O4. The van der Waals surface area contributed by atoms with E-state index in [2.05, 4.69) is 26.0 Å². The van der Waals surface area contributed by atoms with Crippen molar-refractivity contribution in [2.24, 2.45) is 0 Å². The Morgan fingerprint density at radius 3 is 1.10 bits per heavy atom. The van der Waals surface area contributed by atoms with Gasteiger partial charge in [0.25, 0.3) is 0 Å². The number of carbonyl (C=O) groups excluding carboxylic acids is 1. The summed E-state index contributed by atoms with van der Waals surface area (Å²) in [6, 6.07) is 0. The number of hydrogen-bond acceptors (Lipinski definition) is 4. The van der Waals surface area contributed by atoms with Crippen LogP contribution in [0.1, 0.15) is 264 Å². The van der Waals surface area contributed by atoms with Crippen LogP contribution >= 0.6 is 0 Å². The van der Waals surface area contributed by atoms with Gasteiger partial charge < -0.3 is 14.6 Å². The summed E-state index contributed by atoms with van der Waals surface area (Å²) < 4.78 is 11.2. The van der Waals surface area contributed by atoms with Gasteiger partial charge in [-0.25, -0.2) is 0 Å². The summed E-state index contributed by atoms with van der Waals surface area (Å²) in [4.78, 5) is 12.2. The van der Waals surface area contributed by atoms with Crippen LogP contribution in [-0.2, 0) is 14.3 Å². The molecule has 0 aromatic rings. The van der Waals surface area contributed by atoms with Crippen LogP contribution in [0.25, 0.3) is 0 Å². The van der Waals surface area contributed by atoms with Crippen molar-refractivity contribution < 1.29 is 19.4 Å². The van der Waals surface area contributed by atoms with Crippen LogP contribution < -0.4 is 0 Å². The van der Waals surface area contributed by atoms with Gasteiger partial charge in [-0.05, 0) is 38.5 Å². The lowest BCUT2D eigenvalue weighted by Gasteiger charge is -2.16. The first-order valence-electron chi connectivity index (χ1n) is 23.8. The van der Waals surface area contributed by atoms with Crippen molar-refractivity contribution >= 4 is 5.97 Å². The lowest BCUT2D eigenvalue weighted by molar-refractivity contribution is -0.154. The number of esters is 1. The average molecular weight is 735 g/mol. The van der Waals surface area contributed by atoms with Gasteiger partial charge in [-0.2, -0.15) is 0 Å². The van der Waals surface area contributed by atoms with E-state index < -0.39 is 6.10 Å². The van der Waals surface area contributed by atoms with Gasteiger partial charge in [0.2, 0.25) is 0 Å². The molecule has 1 unspecified atom stereocenters. The predicted octanol–water partition coefficient (Wildman–Crippen LogP) is 15.7. The van der Waals surface area contributed by atoms with Crippen molar-refractivity contribution in [3.63, 3.8) is 0 Å². The molecule has 1 N–H and O–H groups in total. The van der Waals surface area contributed by atoms with Crippen LogP contribution in [0.5, 0.6) is 0 Å². The summed E-state index contributed by atoms with van der Waals surface area (Å²) in [5, 5.41) is 9.62. The van der Waals surface area contributed by atoms with Crippen LogP contribution in [-0.4, -0.2) is 37.0 Å². The number of rotatable bonds is 45. The maximum atomic E-state index is 12.2. The summed E-state index contributed by atoms with van der Waals surface area (Å²) in [7, 11) is 0. The number of carbonyl (C=O) groups is 1. The maximum Gasteiger partial charge on any atom is 0.306 e. The molecule has 0 rings (SSSR count). The smallest absolute Gasteiger partial charge is 0.306 e. The fraction of sp³-hybridized carbons (Fsp3) is 0.938. The zero-order valence-electron chi connectivity index (χ0n) is 35.6. The molecular weight excluding hydrogens is 641 g/mol. The highest BCUT2D eigenvalue weighted by atomic mass is 16.6. The quantitative estimate of drug-likeness (QED) is 0.0384. The summed E-state index contributed by atoms with van der Waals surface area (Å²) in [5.41, 5.74) is 0. The Hall–Kier alpha value is -0.870. The zero-order valence-corrected chi connectivity index (χ0v) is 35.6. The molecule has 0 aromatic heterocycles. The standard InChI is InChI=1S/C48H94O4/c1-3-5-7-9-11-13-15-17-19-21-22-23-24-25-26-27-28-30-32-34-36-38-40-42-44-51-46-47(45-49)52-48(50)43-41-39-37-35-33-31-29-20-18-16-14-12-10-8-6-4-2/h21-22,47,49H,3-20,23-46H2,1-2H3/b22-21-. The molecule has 0 aliphatic carbocycles. The van der Waals surface area contributed by atoms with Crippen LogP contribution in [0, 0.1) is 0 Å². The van der Waals surface area contributed by atoms with Gasteiger partial charge in [0, 0.05) is 13.0 Å². The van der Waals surface area contributed by atoms with Gasteiger partial charge >= 0.3 is 5.97 Å². The molecule has 52 heavy (non-hydrogen) atoms. The lowest BCUT2D eigenvalue weighted by atomic mass is 10.0. The first-order chi connectivity index (χ1) is 25.7. The van der Waals surface area contributed by atoms with Crippen LogP contribution in [0.2, 0.25) is 0 Å². The van der Waals surface area contributed by atoms with Gasteiger partial charge in [-0.15, -0.1) is 0 Å². The van der Waals surface area contributed by atoms with E-state index in [1.165, 1.54) is 225 Å². The molecule has 4 heteroatoms. The van der Waals surface area contributed by atoms with E-state index in [-0.39, 0.29) is 12.6 Å². The Morgan fingerprint density at radius 2 is 0.750 bits per heavy atom. The molecule has 0 fully saturated rings. The molecule has 1 atom stereocenters. The topological polar surface area (TPSA) is 55.8 Å². The fourth-order valence-electron chi connectivity index (χ4n) is 7.27. The van der Waals surface area contributed by atoms with Crippen molar-refractivity contribution in [2.75, 3.05) is 19.8 Å². The number of aliphatic hydroxyl groups is 1. The Balaban J connectivity index is 3.35.